The molecule has 7 heteroatoms. The highest BCUT2D eigenvalue weighted by Gasteiger charge is 2.46. The number of aromatic nitrogens is 2. The van der Waals surface area contributed by atoms with Gasteiger partial charge < -0.3 is 18.9 Å². The molecule has 2 aliphatic rings. The molecule has 20 rings (SSSR count). The Hall–Kier alpha value is -14.2. The summed E-state index contributed by atoms with van der Waals surface area (Å²) in [7, 11) is 0. The first-order chi connectivity index (χ1) is 55.3. The number of hydrogen-bond donors (Lipinski definition) is 0. The van der Waals surface area contributed by atoms with Gasteiger partial charge in [0.1, 0.15) is 0 Å². The molecule has 534 valence electrons. The molecule has 2 aliphatic heterocycles. The van der Waals surface area contributed by atoms with Crippen LogP contribution in [-0.2, 0) is 10.8 Å². The lowest BCUT2D eigenvalue weighted by molar-refractivity contribution is 0.590. The largest absolute Gasteiger partial charge is 0.310 e. The molecule has 2 aromatic heterocycles. The van der Waals surface area contributed by atoms with Crippen molar-refractivity contribution in [2.75, 3.05) is 9.80 Å². The third-order valence-corrected chi connectivity index (χ3v) is 23.5. The molecule has 0 spiro atoms. The molecule has 0 saturated carbocycles. The minimum absolute atomic E-state index is 0.130. The Morgan fingerprint density at radius 3 is 1.04 bits per heavy atom. The first-order valence-corrected chi connectivity index (χ1v) is 39.0. The van der Waals surface area contributed by atoms with E-state index in [1.807, 2.05) is 24.3 Å². The lowest BCUT2D eigenvalue weighted by Crippen LogP contribution is -2.61. The van der Waals surface area contributed by atoms with Gasteiger partial charge in [-0.3, -0.25) is 0 Å². The third-order valence-electron chi connectivity index (χ3n) is 23.5. The van der Waals surface area contributed by atoms with Crippen molar-refractivity contribution in [1.82, 2.24) is 9.13 Å². The van der Waals surface area contributed by atoms with Crippen LogP contribution in [0.5, 0.6) is 0 Å². The van der Waals surface area contributed by atoms with Crippen LogP contribution in [-0.4, -0.2) is 15.8 Å². The predicted octanol–water partition coefficient (Wildman–Crippen LogP) is 26.6. The molecule has 0 bridgehead atoms. The summed E-state index contributed by atoms with van der Waals surface area (Å²) in [6, 6.07) is 134. The van der Waals surface area contributed by atoms with Gasteiger partial charge in [0.05, 0.1) is 51.6 Å². The second kappa shape index (κ2) is 26.8. The van der Waals surface area contributed by atoms with Crippen LogP contribution in [0.4, 0.5) is 39.8 Å². The third kappa shape index (κ3) is 11.3. The van der Waals surface area contributed by atoms with Gasteiger partial charge in [0.2, 0.25) is 0 Å². The topological polar surface area (TPSA) is 44.5 Å². The van der Waals surface area contributed by atoms with Crippen LogP contribution in [0.3, 0.4) is 0 Å². The molecule has 16 aromatic carbocycles. The number of fused-ring (bicyclic) bond motifs is 10. The van der Waals surface area contributed by atoms with E-state index in [2.05, 4.69) is 405 Å². The van der Waals surface area contributed by atoms with Crippen molar-refractivity contribution >= 4 is 107 Å². The molecule has 0 amide bonds. The molecule has 0 unspecified atom stereocenters. The minimum Gasteiger partial charge on any atom is -0.310 e. The Balaban J connectivity index is 0.995. The number of nitriles is 1. The van der Waals surface area contributed by atoms with Crippen molar-refractivity contribution in [1.29, 1.82) is 5.26 Å². The van der Waals surface area contributed by atoms with Gasteiger partial charge >= 0.3 is 0 Å². The van der Waals surface area contributed by atoms with E-state index in [-0.39, 0.29) is 10.8 Å². The number of nitrogens with zero attached hydrogens (tertiary/aromatic N) is 6. The molecule has 0 radical (unpaired) electrons. The van der Waals surface area contributed by atoms with Gasteiger partial charge in [-0.2, -0.15) is 5.26 Å². The van der Waals surface area contributed by atoms with E-state index < -0.39 is 6.71 Å². The van der Waals surface area contributed by atoms with Crippen molar-refractivity contribution < 1.29 is 0 Å². The highest BCUT2D eigenvalue weighted by molar-refractivity contribution is 7.00. The molecule has 18 aromatic rings. The zero-order valence-electron chi connectivity index (χ0n) is 63.8. The van der Waals surface area contributed by atoms with Crippen molar-refractivity contribution in [2.24, 2.45) is 0 Å². The van der Waals surface area contributed by atoms with Crippen LogP contribution in [0, 0.1) is 17.9 Å². The maximum atomic E-state index is 11.7. The summed E-state index contributed by atoms with van der Waals surface area (Å²) in [5.74, 6) is 0. The average molecular weight is 1450 g/mol. The maximum Gasteiger partial charge on any atom is 0.252 e. The van der Waals surface area contributed by atoms with Crippen molar-refractivity contribution in [3.63, 3.8) is 0 Å². The van der Waals surface area contributed by atoms with Gasteiger partial charge in [-0.05, 0) is 185 Å². The summed E-state index contributed by atoms with van der Waals surface area (Å²) in [6.07, 6.45) is 0. The van der Waals surface area contributed by atoms with Gasteiger partial charge in [0.25, 0.3) is 6.71 Å². The lowest BCUT2D eigenvalue weighted by Gasteiger charge is -2.46. The Labute approximate surface area is 660 Å². The number of para-hydroxylation sites is 5. The number of benzene rings is 16. The van der Waals surface area contributed by atoms with Crippen molar-refractivity contribution in [2.45, 2.75) is 52.4 Å². The molecule has 0 atom stereocenters. The van der Waals surface area contributed by atoms with E-state index in [4.69, 9.17) is 6.57 Å². The van der Waals surface area contributed by atoms with Crippen LogP contribution >= 0.6 is 0 Å². The van der Waals surface area contributed by atoms with E-state index in [0.29, 0.717) is 11.3 Å². The average Bonchev–Trinajstić information content (AvgIpc) is 1.52. The highest BCUT2D eigenvalue weighted by Crippen LogP contribution is 2.57. The zero-order chi connectivity index (χ0) is 76.4. The Morgan fingerprint density at radius 2 is 0.646 bits per heavy atom. The van der Waals surface area contributed by atoms with Crippen LogP contribution in [0.2, 0.25) is 0 Å². The monoisotopic (exact) mass is 1440 g/mol. The summed E-state index contributed by atoms with van der Waals surface area (Å²) in [5, 5.41) is 16.4. The number of anilines is 6. The summed E-state index contributed by atoms with van der Waals surface area (Å²) in [6.45, 7) is 22.4. The normalized spacial score (nSPS) is 12.4. The van der Waals surface area contributed by atoms with E-state index in [9.17, 15) is 5.26 Å². The first-order valence-electron chi connectivity index (χ1n) is 39.0. The second-order valence-electron chi connectivity index (χ2n) is 32.1. The second-order valence-corrected chi connectivity index (χ2v) is 32.1. The van der Waals surface area contributed by atoms with Gasteiger partial charge in [0, 0.05) is 77.9 Å². The van der Waals surface area contributed by atoms with Gasteiger partial charge in [-0.25, -0.2) is 4.85 Å². The zero-order valence-corrected chi connectivity index (χ0v) is 63.8. The van der Waals surface area contributed by atoms with Crippen LogP contribution in [0.25, 0.3) is 138 Å². The molecule has 113 heavy (non-hydrogen) atoms. The SMILES string of the molecule is [C-]#[N+]c1ccccc1-c1cc(-c2ccccc2)cc(-c2ccc(C(C)(C)C)cc2)c1N1c2cc(-n3c4ccccc4c4ccccc43)ccc2B2c3ccc(-n4c5ccccc5c5ccccc54)cc3N(c3c(-c4ccc(C(C)(C)C)cc4)cc(-c4ccccc4)cc3-c3ccccc3C#N)c3cc(-c4ccccc4)cc1c32. The van der Waals surface area contributed by atoms with Crippen LogP contribution in [0.15, 0.2) is 358 Å². The Bertz CT molecular complexity index is 6460. The molecular formula is C106H77BN6. The number of hydrogen-bond acceptors (Lipinski definition) is 3. The Morgan fingerprint density at radius 1 is 0.301 bits per heavy atom. The molecule has 0 fully saturated rings. The van der Waals surface area contributed by atoms with Gasteiger partial charge in [-0.15, -0.1) is 0 Å². The predicted molar refractivity (Wildman–Crippen MR) is 476 cm³/mol. The minimum atomic E-state index is -0.397. The van der Waals surface area contributed by atoms with E-state index >= 15 is 0 Å². The van der Waals surface area contributed by atoms with Crippen molar-refractivity contribution in [3.05, 3.63) is 386 Å². The van der Waals surface area contributed by atoms with Crippen LogP contribution in [0.1, 0.15) is 58.2 Å². The van der Waals surface area contributed by atoms with E-state index in [1.165, 1.54) is 32.7 Å². The quantitative estimate of drug-likeness (QED) is 0.0958. The van der Waals surface area contributed by atoms with Crippen molar-refractivity contribution in [3.8, 4) is 95.3 Å². The maximum absolute atomic E-state index is 11.7. The smallest absolute Gasteiger partial charge is 0.252 e. The fraction of sp³-hybridized carbons (Fsp3) is 0.0755. The van der Waals surface area contributed by atoms with Crippen LogP contribution < -0.4 is 26.2 Å². The molecule has 6 nitrogen and oxygen atoms in total. The van der Waals surface area contributed by atoms with E-state index in [0.717, 1.165) is 162 Å². The van der Waals surface area contributed by atoms with Gasteiger partial charge in [0.15, 0.2) is 5.69 Å². The molecule has 0 saturated heterocycles. The molecular weight excluding hydrogens is 1370 g/mol. The lowest BCUT2D eigenvalue weighted by atomic mass is 9.33. The highest BCUT2D eigenvalue weighted by atomic mass is 15.2. The van der Waals surface area contributed by atoms with Gasteiger partial charge in [-0.1, -0.05) is 308 Å². The standard InChI is InChI=1S/C106H77BN6/c1-105(2,3)77-51-47-71(48-52-77)87-59-74(68-29-11-8-12-30-68)61-89(81-36-18-17-35-73(81)67-108)103(87)112-98-65-79(110-94-43-25-20-38-83(94)84-39-21-26-44-95(84)110)55-57-91(98)107-92-58-56-80(111-96-45-27-22-40-85(96)86-41-23-28-46-97(86)111)66-99(92)113(101-64-76(63-100(112)102(101)107)70-33-15-10-16-34-70)104-88(72-49-53-78(54-50-72)106(4,5)6)60-75(69-31-13-9-14-32-69)62-90(104)82-37-19-24-42-93(82)109-7/h8-66H,1-6H3. The summed E-state index contributed by atoms with van der Waals surface area (Å²) >= 11 is 0. The fourth-order valence-corrected chi connectivity index (χ4v) is 18.0. The molecule has 0 N–H and O–H groups in total. The molecule has 0 aliphatic carbocycles. The molecule has 4 heterocycles. The summed E-state index contributed by atoms with van der Waals surface area (Å²) < 4.78 is 4.90. The van der Waals surface area contributed by atoms with E-state index in [1.54, 1.807) is 0 Å². The fourth-order valence-electron chi connectivity index (χ4n) is 18.0. The summed E-state index contributed by atoms with van der Waals surface area (Å²) in [5.41, 5.74) is 32.7. The number of rotatable bonds is 11. The first kappa shape index (κ1) is 68.1. The summed E-state index contributed by atoms with van der Waals surface area (Å²) in [4.78, 5) is 9.64. The Kier molecular flexibility index (Phi) is 16.2.